The van der Waals surface area contributed by atoms with E-state index in [0.717, 1.165) is 22.6 Å². The second-order valence-electron chi connectivity index (χ2n) is 7.27. The quantitative estimate of drug-likeness (QED) is 0.450. The van der Waals surface area contributed by atoms with Crippen LogP contribution in [0.2, 0.25) is 0 Å². The molecule has 8 nitrogen and oxygen atoms in total. The number of hydrogen-bond donors (Lipinski definition) is 3. The summed E-state index contributed by atoms with van der Waals surface area (Å²) in [5.74, 6) is -0.0681. The van der Waals surface area contributed by atoms with E-state index in [2.05, 4.69) is 20.6 Å². The van der Waals surface area contributed by atoms with Crippen molar-refractivity contribution >= 4 is 17.7 Å². The highest BCUT2D eigenvalue weighted by Gasteiger charge is 2.22. The van der Waals surface area contributed by atoms with Crippen molar-refractivity contribution in [1.82, 2.24) is 15.3 Å². The van der Waals surface area contributed by atoms with Crippen LogP contribution in [0.3, 0.4) is 0 Å². The standard InChI is InChI=1S/C24H26N4O4/c1-16-10-12-26-15-20(16)23(29)28-21(24(30)31)14-17-6-8-19(9-7-17)32-13-11-18-4-3-5-22(25-2)27-18/h3-10,12,15,21H,11,13-14H2,1-2H3,(H,25,27)(H,28,29)(H,30,31)/t21-/m0/s1. The van der Waals surface area contributed by atoms with Gasteiger partial charge in [-0.05, 0) is 48.4 Å². The number of benzene rings is 1. The summed E-state index contributed by atoms with van der Waals surface area (Å²) in [7, 11) is 1.82. The third kappa shape index (κ3) is 6.28. The molecule has 0 fully saturated rings. The minimum absolute atomic E-state index is 0.154. The molecule has 3 rings (SSSR count). The first-order chi connectivity index (χ1) is 15.5. The van der Waals surface area contributed by atoms with Gasteiger partial charge in [0.05, 0.1) is 12.2 Å². The molecule has 0 saturated carbocycles. The van der Waals surface area contributed by atoms with Gasteiger partial charge < -0.3 is 20.5 Å². The summed E-state index contributed by atoms with van der Waals surface area (Å²) in [6.07, 6.45) is 3.83. The molecular weight excluding hydrogens is 408 g/mol. The van der Waals surface area contributed by atoms with E-state index >= 15 is 0 Å². The second kappa shape index (κ2) is 10.9. The average molecular weight is 434 g/mol. The maximum atomic E-state index is 12.5. The number of nitrogens with zero attached hydrogens (tertiary/aromatic N) is 2. The highest BCUT2D eigenvalue weighted by Crippen LogP contribution is 2.15. The highest BCUT2D eigenvalue weighted by atomic mass is 16.5. The molecule has 1 aromatic carbocycles. The van der Waals surface area contributed by atoms with Gasteiger partial charge in [-0.1, -0.05) is 18.2 Å². The molecule has 0 aliphatic rings. The molecule has 0 aliphatic carbocycles. The number of ether oxygens (including phenoxy) is 1. The van der Waals surface area contributed by atoms with Gasteiger partial charge in [0.1, 0.15) is 17.6 Å². The van der Waals surface area contributed by atoms with Gasteiger partial charge in [0.2, 0.25) is 0 Å². The number of aliphatic carboxylic acids is 1. The molecule has 0 radical (unpaired) electrons. The van der Waals surface area contributed by atoms with Crippen molar-refractivity contribution < 1.29 is 19.4 Å². The zero-order valence-electron chi connectivity index (χ0n) is 18.0. The first kappa shape index (κ1) is 22.7. The Labute approximate surface area is 186 Å². The van der Waals surface area contributed by atoms with E-state index in [9.17, 15) is 14.7 Å². The monoisotopic (exact) mass is 434 g/mol. The van der Waals surface area contributed by atoms with Crippen LogP contribution < -0.4 is 15.4 Å². The summed E-state index contributed by atoms with van der Waals surface area (Å²) in [6, 6.07) is 13.6. The van der Waals surface area contributed by atoms with E-state index in [1.54, 1.807) is 43.5 Å². The lowest BCUT2D eigenvalue weighted by Crippen LogP contribution is -2.42. The molecule has 0 unspecified atom stereocenters. The van der Waals surface area contributed by atoms with Crippen LogP contribution in [0.4, 0.5) is 5.82 Å². The van der Waals surface area contributed by atoms with Crippen molar-refractivity contribution in [3.05, 3.63) is 83.3 Å². The summed E-state index contributed by atoms with van der Waals surface area (Å²) in [5.41, 5.74) is 2.79. The van der Waals surface area contributed by atoms with Crippen LogP contribution in [0.1, 0.15) is 27.2 Å². The fraction of sp³-hybridized carbons (Fsp3) is 0.250. The summed E-state index contributed by atoms with van der Waals surface area (Å²) < 4.78 is 5.77. The van der Waals surface area contributed by atoms with Crippen molar-refractivity contribution in [2.75, 3.05) is 19.0 Å². The van der Waals surface area contributed by atoms with Crippen molar-refractivity contribution in [2.24, 2.45) is 0 Å². The number of carboxylic acids is 1. The Hall–Kier alpha value is -3.94. The zero-order valence-corrected chi connectivity index (χ0v) is 18.0. The number of nitrogens with one attached hydrogen (secondary N) is 2. The zero-order chi connectivity index (χ0) is 22.9. The number of anilines is 1. The molecule has 32 heavy (non-hydrogen) atoms. The lowest BCUT2D eigenvalue weighted by molar-refractivity contribution is -0.139. The Morgan fingerprint density at radius 1 is 1.12 bits per heavy atom. The number of aromatic nitrogens is 2. The van der Waals surface area contributed by atoms with Crippen LogP contribution in [0, 0.1) is 6.92 Å². The highest BCUT2D eigenvalue weighted by molar-refractivity contribution is 5.97. The molecule has 0 bridgehead atoms. The van der Waals surface area contributed by atoms with Crippen molar-refractivity contribution in [1.29, 1.82) is 0 Å². The van der Waals surface area contributed by atoms with Crippen LogP contribution in [-0.4, -0.2) is 46.6 Å². The molecule has 0 aliphatic heterocycles. The number of carbonyl (C=O) groups is 2. The molecule has 0 saturated heterocycles. The van der Waals surface area contributed by atoms with E-state index in [4.69, 9.17) is 4.74 Å². The minimum Gasteiger partial charge on any atom is -0.493 e. The SMILES string of the molecule is CNc1cccc(CCOc2ccc(C[C@H](NC(=O)c3cnccc3C)C(=O)O)cc2)n1. The van der Waals surface area contributed by atoms with E-state index in [-0.39, 0.29) is 6.42 Å². The van der Waals surface area contributed by atoms with E-state index in [0.29, 0.717) is 24.3 Å². The summed E-state index contributed by atoms with van der Waals surface area (Å²) >= 11 is 0. The normalized spacial score (nSPS) is 11.4. The summed E-state index contributed by atoms with van der Waals surface area (Å²) in [6.45, 7) is 2.25. The van der Waals surface area contributed by atoms with Gasteiger partial charge in [-0.15, -0.1) is 0 Å². The number of hydrogen-bond acceptors (Lipinski definition) is 6. The topological polar surface area (TPSA) is 113 Å². The van der Waals surface area contributed by atoms with Gasteiger partial charge in [-0.25, -0.2) is 9.78 Å². The number of amides is 1. The van der Waals surface area contributed by atoms with E-state index in [1.165, 1.54) is 6.20 Å². The van der Waals surface area contributed by atoms with Gasteiger partial charge in [0.25, 0.3) is 5.91 Å². The molecule has 3 N–H and O–H groups in total. The predicted molar refractivity (Wildman–Crippen MR) is 121 cm³/mol. The van der Waals surface area contributed by atoms with Crippen LogP contribution >= 0.6 is 0 Å². The maximum absolute atomic E-state index is 12.5. The van der Waals surface area contributed by atoms with Crippen LogP contribution in [-0.2, 0) is 17.6 Å². The average Bonchev–Trinajstić information content (AvgIpc) is 2.80. The molecule has 2 heterocycles. The Bertz CT molecular complexity index is 1070. The molecule has 166 valence electrons. The molecule has 1 amide bonds. The summed E-state index contributed by atoms with van der Waals surface area (Å²) in [5, 5.41) is 15.1. The molecule has 8 heteroatoms. The first-order valence-electron chi connectivity index (χ1n) is 10.3. The Morgan fingerprint density at radius 2 is 1.91 bits per heavy atom. The van der Waals surface area contributed by atoms with Crippen LogP contribution in [0.5, 0.6) is 5.75 Å². The second-order valence-corrected chi connectivity index (χ2v) is 7.27. The number of rotatable bonds is 10. The number of carboxylic acid groups (broad SMARTS) is 1. The maximum Gasteiger partial charge on any atom is 0.326 e. The largest absolute Gasteiger partial charge is 0.493 e. The van der Waals surface area contributed by atoms with Crippen molar-refractivity contribution in [3.63, 3.8) is 0 Å². The van der Waals surface area contributed by atoms with Gasteiger partial charge in [0.15, 0.2) is 0 Å². The number of carbonyl (C=O) groups excluding carboxylic acids is 1. The minimum atomic E-state index is -1.10. The third-order valence-electron chi connectivity index (χ3n) is 4.94. The molecule has 2 aromatic heterocycles. The van der Waals surface area contributed by atoms with E-state index in [1.807, 2.05) is 25.2 Å². The van der Waals surface area contributed by atoms with Crippen LogP contribution in [0.15, 0.2) is 60.9 Å². The Balaban J connectivity index is 1.55. The lowest BCUT2D eigenvalue weighted by atomic mass is 10.0. The Morgan fingerprint density at radius 3 is 2.59 bits per heavy atom. The fourth-order valence-corrected chi connectivity index (χ4v) is 3.13. The van der Waals surface area contributed by atoms with Gasteiger partial charge in [-0.2, -0.15) is 0 Å². The van der Waals surface area contributed by atoms with E-state index < -0.39 is 17.9 Å². The number of aryl methyl sites for hydroxylation is 1. The van der Waals surface area contributed by atoms with Gasteiger partial charge in [-0.3, -0.25) is 9.78 Å². The van der Waals surface area contributed by atoms with Gasteiger partial charge in [0, 0.05) is 38.0 Å². The van der Waals surface area contributed by atoms with Crippen LogP contribution in [0.25, 0.3) is 0 Å². The lowest BCUT2D eigenvalue weighted by Gasteiger charge is -2.16. The van der Waals surface area contributed by atoms with Crippen molar-refractivity contribution in [2.45, 2.75) is 25.8 Å². The predicted octanol–water partition coefficient (Wildman–Crippen LogP) is 2.87. The Kier molecular flexibility index (Phi) is 7.75. The van der Waals surface area contributed by atoms with Crippen molar-refractivity contribution in [3.8, 4) is 5.75 Å². The summed E-state index contributed by atoms with van der Waals surface area (Å²) in [4.78, 5) is 32.5. The third-order valence-corrected chi connectivity index (χ3v) is 4.94. The first-order valence-corrected chi connectivity index (χ1v) is 10.3. The number of pyridine rings is 2. The molecule has 3 aromatic rings. The smallest absolute Gasteiger partial charge is 0.326 e. The van der Waals surface area contributed by atoms with Gasteiger partial charge >= 0.3 is 5.97 Å². The molecule has 1 atom stereocenters. The fourth-order valence-electron chi connectivity index (χ4n) is 3.13. The molecular formula is C24H26N4O4. The molecule has 0 spiro atoms.